The van der Waals surface area contributed by atoms with Gasteiger partial charge in [-0.15, -0.1) is 5.10 Å². The number of nitro groups is 1. The topological polar surface area (TPSA) is 109 Å². The average Bonchev–Trinajstić information content (AvgIpc) is 3.52. The molecule has 4 rings (SSSR count). The Kier molecular flexibility index (Phi) is 7.39. The number of benzene rings is 2. The number of unbranched alkanes of at least 4 members (excludes halogenated alkanes) is 1. The number of oxazole rings is 1. The van der Waals surface area contributed by atoms with Crippen molar-refractivity contribution in [2.45, 2.75) is 32.4 Å². The van der Waals surface area contributed by atoms with E-state index in [2.05, 4.69) is 15.3 Å². The molecule has 0 aliphatic carbocycles. The number of aromatic nitrogens is 4. The van der Waals surface area contributed by atoms with Crippen molar-refractivity contribution in [3.8, 4) is 5.75 Å². The summed E-state index contributed by atoms with van der Waals surface area (Å²) in [5, 5.41) is 18.4. The number of aryl methyl sites for hydroxylation is 2. The van der Waals surface area contributed by atoms with Gasteiger partial charge in [-0.1, -0.05) is 17.3 Å². The third kappa shape index (κ3) is 6.35. The van der Waals surface area contributed by atoms with Crippen molar-refractivity contribution in [1.29, 1.82) is 0 Å². The number of nitrogens with zero attached hydrogens (tertiary/aromatic N) is 5. The summed E-state index contributed by atoms with van der Waals surface area (Å²) in [5.74, 6) is 0.302. The van der Waals surface area contributed by atoms with Crippen molar-refractivity contribution in [3.63, 3.8) is 0 Å². The molecule has 2 aromatic heterocycles. The van der Waals surface area contributed by atoms with E-state index < -0.39 is 10.7 Å². The van der Waals surface area contributed by atoms with Crippen molar-refractivity contribution in [2.24, 2.45) is 0 Å². The lowest BCUT2D eigenvalue weighted by Gasteiger charge is -2.06. The molecule has 0 spiro atoms. The van der Waals surface area contributed by atoms with Gasteiger partial charge in [0.05, 0.1) is 17.2 Å². The summed E-state index contributed by atoms with van der Waals surface area (Å²) in [6.45, 7) is 1.08. The van der Waals surface area contributed by atoms with Crippen LogP contribution in [-0.4, -0.2) is 24.9 Å². The highest BCUT2D eigenvalue weighted by Gasteiger charge is 2.09. The minimum Gasteiger partial charge on any atom is -0.487 e. The van der Waals surface area contributed by atoms with Crippen LogP contribution in [0.3, 0.4) is 0 Å². The van der Waals surface area contributed by atoms with Gasteiger partial charge in [-0.2, -0.15) is 0 Å². The van der Waals surface area contributed by atoms with Crippen molar-refractivity contribution in [1.82, 2.24) is 20.0 Å². The molecule has 0 saturated heterocycles. The van der Waals surface area contributed by atoms with E-state index in [0.29, 0.717) is 5.69 Å². The molecule has 0 N–H and O–H groups in total. The maximum Gasteiger partial charge on any atom is 0.272 e. The van der Waals surface area contributed by atoms with Crippen molar-refractivity contribution in [3.05, 3.63) is 99.8 Å². The molecule has 4 aromatic rings. The molecule has 34 heavy (non-hydrogen) atoms. The van der Waals surface area contributed by atoms with E-state index >= 15 is 0 Å². The van der Waals surface area contributed by atoms with Gasteiger partial charge < -0.3 is 9.15 Å². The molecule has 0 aliphatic heterocycles. The molecule has 2 heterocycles. The Morgan fingerprint density at radius 3 is 2.74 bits per heavy atom. The van der Waals surface area contributed by atoms with E-state index in [4.69, 9.17) is 9.15 Å². The highest BCUT2D eigenvalue weighted by Crippen LogP contribution is 2.19. The Morgan fingerprint density at radius 1 is 1.15 bits per heavy atom. The number of rotatable bonds is 11. The van der Waals surface area contributed by atoms with Crippen LogP contribution in [0.1, 0.15) is 35.6 Å². The van der Waals surface area contributed by atoms with Gasteiger partial charge in [0.25, 0.3) is 5.69 Å². The third-order valence-electron chi connectivity index (χ3n) is 5.05. The zero-order valence-corrected chi connectivity index (χ0v) is 18.2. The number of nitro benzene ring substituents is 1. The Balaban J connectivity index is 1.23. The predicted molar refractivity (Wildman–Crippen MR) is 122 cm³/mol. The Labute approximate surface area is 194 Å². The molecule has 0 radical (unpaired) electrons. The molecule has 0 atom stereocenters. The first-order valence-electron chi connectivity index (χ1n) is 10.7. The van der Waals surface area contributed by atoms with Gasteiger partial charge in [-0.05, 0) is 49.1 Å². The van der Waals surface area contributed by atoms with Gasteiger partial charge in [0.1, 0.15) is 30.1 Å². The molecule has 0 bridgehead atoms. The Hall–Kier alpha value is -4.34. The molecule has 10 heteroatoms. The number of ether oxygens (including phenoxy) is 1. The highest BCUT2D eigenvalue weighted by atomic mass is 19.1. The van der Waals surface area contributed by atoms with Crippen LogP contribution in [0.15, 0.2) is 65.5 Å². The molecule has 0 saturated carbocycles. The minimum absolute atomic E-state index is 0.195. The second kappa shape index (κ2) is 11.0. The molecular weight excluding hydrogens is 441 g/mol. The van der Waals surface area contributed by atoms with E-state index in [0.717, 1.165) is 37.6 Å². The molecule has 0 amide bonds. The Morgan fingerprint density at radius 2 is 2.00 bits per heavy atom. The summed E-state index contributed by atoms with van der Waals surface area (Å²) in [6, 6.07) is 11.4. The second-order valence-electron chi connectivity index (χ2n) is 7.53. The lowest BCUT2D eigenvalue weighted by Crippen LogP contribution is -1.99. The van der Waals surface area contributed by atoms with Gasteiger partial charge in [0.15, 0.2) is 0 Å². The van der Waals surface area contributed by atoms with Crippen LogP contribution in [0.4, 0.5) is 10.1 Å². The van der Waals surface area contributed by atoms with Crippen molar-refractivity contribution >= 4 is 17.8 Å². The summed E-state index contributed by atoms with van der Waals surface area (Å²) in [5.41, 5.74) is 1.71. The average molecular weight is 463 g/mol. The second-order valence-corrected chi connectivity index (χ2v) is 7.53. The predicted octanol–water partition coefficient (Wildman–Crippen LogP) is 5.09. The summed E-state index contributed by atoms with van der Waals surface area (Å²) in [7, 11) is 0. The summed E-state index contributed by atoms with van der Waals surface area (Å²) < 4.78 is 26.9. The van der Waals surface area contributed by atoms with Gasteiger partial charge in [-0.3, -0.25) is 14.8 Å². The zero-order valence-electron chi connectivity index (χ0n) is 18.2. The highest BCUT2D eigenvalue weighted by molar-refractivity contribution is 5.67. The van der Waals surface area contributed by atoms with E-state index in [9.17, 15) is 14.5 Å². The van der Waals surface area contributed by atoms with Gasteiger partial charge in [0, 0.05) is 30.4 Å². The molecule has 9 nitrogen and oxygen atoms in total. The smallest absolute Gasteiger partial charge is 0.272 e. The van der Waals surface area contributed by atoms with E-state index in [-0.39, 0.29) is 23.7 Å². The van der Waals surface area contributed by atoms with Crippen LogP contribution in [0.25, 0.3) is 12.2 Å². The summed E-state index contributed by atoms with van der Waals surface area (Å²) in [6.07, 6.45) is 11.0. The lowest BCUT2D eigenvalue weighted by atomic mass is 10.1. The Bertz CT molecular complexity index is 1250. The number of halogens is 1. The van der Waals surface area contributed by atoms with Crippen LogP contribution in [-0.2, 0) is 19.6 Å². The SMILES string of the molecule is O=[N+]([O-])c1ccc(/C=C/c2nc(COc3ccc(CCCCn4ccnn4)cc3)co2)c(F)c1. The van der Waals surface area contributed by atoms with Crippen molar-refractivity contribution in [2.75, 3.05) is 0 Å². The van der Waals surface area contributed by atoms with Gasteiger partial charge in [-0.25, -0.2) is 9.37 Å². The number of non-ortho nitro benzene ring substituents is 1. The first kappa shape index (κ1) is 22.8. The molecule has 0 aliphatic rings. The first-order chi connectivity index (χ1) is 16.6. The molecule has 174 valence electrons. The van der Waals surface area contributed by atoms with Crippen LogP contribution in [0, 0.1) is 15.9 Å². The number of hydrogen-bond donors (Lipinski definition) is 0. The molecular formula is C24H22FN5O4. The van der Waals surface area contributed by atoms with Crippen LogP contribution in [0.2, 0.25) is 0 Å². The largest absolute Gasteiger partial charge is 0.487 e. The summed E-state index contributed by atoms with van der Waals surface area (Å²) in [4.78, 5) is 14.3. The van der Waals surface area contributed by atoms with E-state index in [1.807, 2.05) is 35.1 Å². The fourth-order valence-electron chi connectivity index (χ4n) is 3.26. The fraction of sp³-hybridized carbons (Fsp3) is 0.208. The normalized spacial score (nSPS) is 11.2. The van der Waals surface area contributed by atoms with E-state index in [1.54, 1.807) is 6.20 Å². The zero-order chi connectivity index (χ0) is 23.8. The van der Waals surface area contributed by atoms with Crippen LogP contribution in [0.5, 0.6) is 5.75 Å². The quantitative estimate of drug-likeness (QED) is 0.173. The van der Waals surface area contributed by atoms with Crippen LogP contribution >= 0.6 is 0 Å². The third-order valence-corrected chi connectivity index (χ3v) is 5.05. The number of hydrogen-bond acceptors (Lipinski definition) is 7. The fourth-order valence-corrected chi connectivity index (χ4v) is 3.26. The van der Waals surface area contributed by atoms with Gasteiger partial charge >= 0.3 is 0 Å². The van der Waals surface area contributed by atoms with E-state index in [1.165, 1.54) is 36.1 Å². The van der Waals surface area contributed by atoms with Crippen LogP contribution < -0.4 is 4.74 Å². The maximum absolute atomic E-state index is 14.0. The molecule has 2 aromatic carbocycles. The standard InChI is InChI=1S/C24H22FN5O4/c25-23-15-21(30(31)32)8-6-19(23)7-11-24-27-20(17-34-24)16-33-22-9-4-18(5-10-22)3-1-2-13-29-14-12-26-28-29/h4-12,14-15,17H,1-3,13,16H2/b11-7+. The molecule has 0 unspecified atom stereocenters. The maximum atomic E-state index is 14.0. The van der Waals surface area contributed by atoms with Crippen molar-refractivity contribution < 1.29 is 18.5 Å². The summed E-state index contributed by atoms with van der Waals surface area (Å²) >= 11 is 0. The first-order valence-corrected chi connectivity index (χ1v) is 10.7. The van der Waals surface area contributed by atoms with Gasteiger partial charge in [0.2, 0.25) is 5.89 Å². The minimum atomic E-state index is -0.695. The molecule has 0 fully saturated rings. The lowest BCUT2D eigenvalue weighted by molar-refractivity contribution is -0.385. The monoisotopic (exact) mass is 463 g/mol.